The maximum atomic E-state index is 12.9. The molecule has 3 aromatic heterocycles. The van der Waals surface area contributed by atoms with E-state index in [0.717, 1.165) is 31.6 Å². The van der Waals surface area contributed by atoms with Crippen molar-refractivity contribution in [3.05, 3.63) is 82.9 Å². The van der Waals surface area contributed by atoms with Gasteiger partial charge in [0, 0.05) is 45.0 Å². The number of rotatable bonds is 10. The average Bonchev–Trinajstić information content (AvgIpc) is 3.32. The van der Waals surface area contributed by atoms with E-state index in [-0.39, 0.29) is 17.9 Å². The largest absolute Gasteiger partial charge is 0.356 e. The molecule has 0 fully saturated rings. The van der Waals surface area contributed by atoms with Crippen LogP contribution in [-0.4, -0.2) is 44.4 Å². The van der Waals surface area contributed by atoms with Gasteiger partial charge in [-0.2, -0.15) is 0 Å². The number of nitrogens with one attached hydrogen (secondary N) is 1. The molecule has 1 aromatic carbocycles. The summed E-state index contributed by atoms with van der Waals surface area (Å²) in [6.07, 6.45) is 4.65. The molecule has 166 valence electrons. The van der Waals surface area contributed by atoms with Crippen LogP contribution >= 0.6 is 0 Å². The highest BCUT2D eigenvalue weighted by molar-refractivity contribution is 5.77. The second kappa shape index (κ2) is 10.2. The first-order valence-corrected chi connectivity index (χ1v) is 11.1. The summed E-state index contributed by atoms with van der Waals surface area (Å²) in [6, 6.07) is 17.8. The van der Waals surface area contributed by atoms with Gasteiger partial charge in [-0.05, 0) is 42.8 Å². The van der Waals surface area contributed by atoms with Crippen molar-refractivity contribution in [1.82, 2.24) is 24.2 Å². The van der Waals surface area contributed by atoms with Gasteiger partial charge < -0.3 is 9.72 Å². The fourth-order valence-corrected chi connectivity index (χ4v) is 4.01. The van der Waals surface area contributed by atoms with E-state index in [4.69, 9.17) is 0 Å². The maximum Gasteiger partial charge on any atom is 0.276 e. The Morgan fingerprint density at radius 3 is 2.69 bits per heavy atom. The zero-order valence-electron chi connectivity index (χ0n) is 18.4. The molecule has 0 aliphatic carbocycles. The third kappa shape index (κ3) is 4.89. The van der Waals surface area contributed by atoms with Gasteiger partial charge in [0.05, 0.1) is 5.52 Å². The summed E-state index contributed by atoms with van der Waals surface area (Å²) in [4.78, 5) is 32.1. The monoisotopic (exact) mass is 431 g/mol. The van der Waals surface area contributed by atoms with Crippen molar-refractivity contribution in [2.45, 2.75) is 32.9 Å². The minimum Gasteiger partial charge on any atom is -0.356 e. The number of fused-ring (bicyclic) bond motifs is 3. The molecule has 0 atom stereocenters. The third-order valence-corrected chi connectivity index (χ3v) is 5.73. The topological polar surface area (TPSA) is 71.6 Å². The van der Waals surface area contributed by atoms with Crippen LogP contribution in [0.25, 0.3) is 16.7 Å². The van der Waals surface area contributed by atoms with E-state index in [1.54, 1.807) is 16.8 Å². The number of hydrogen-bond acceptors (Lipinski definition) is 4. The number of hydrogen-bond donors (Lipinski definition) is 1. The molecule has 0 saturated heterocycles. The summed E-state index contributed by atoms with van der Waals surface area (Å²) >= 11 is 0. The Hall–Kier alpha value is -3.45. The van der Waals surface area contributed by atoms with Gasteiger partial charge in [-0.1, -0.05) is 37.3 Å². The van der Waals surface area contributed by atoms with Crippen LogP contribution in [0.5, 0.6) is 0 Å². The predicted octanol–water partition coefficient (Wildman–Crippen LogP) is 3.07. The van der Waals surface area contributed by atoms with Crippen molar-refractivity contribution in [3.63, 3.8) is 0 Å². The summed E-state index contributed by atoms with van der Waals surface area (Å²) < 4.78 is 3.44. The van der Waals surface area contributed by atoms with Crippen LogP contribution in [-0.2, 0) is 17.9 Å². The van der Waals surface area contributed by atoms with Gasteiger partial charge in [0.2, 0.25) is 5.91 Å². The van der Waals surface area contributed by atoms with Crippen molar-refractivity contribution < 1.29 is 4.79 Å². The molecule has 0 spiro atoms. The van der Waals surface area contributed by atoms with Gasteiger partial charge in [-0.15, -0.1) is 0 Å². The Morgan fingerprint density at radius 2 is 1.88 bits per heavy atom. The minimum atomic E-state index is -0.131. The number of amides is 1. The highest BCUT2D eigenvalue weighted by Gasteiger charge is 2.12. The van der Waals surface area contributed by atoms with Crippen molar-refractivity contribution in [1.29, 1.82) is 0 Å². The molecular formula is C25H29N5O2. The maximum absolute atomic E-state index is 12.9. The molecule has 0 aliphatic rings. The van der Waals surface area contributed by atoms with E-state index in [0.29, 0.717) is 24.3 Å². The lowest BCUT2D eigenvalue weighted by atomic mass is 10.2. The van der Waals surface area contributed by atoms with Crippen LogP contribution in [0.15, 0.2) is 71.8 Å². The van der Waals surface area contributed by atoms with Gasteiger partial charge in [-0.25, -0.2) is 4.98 Å². The van der Waals surface area contributed by atoms with Crippen LogP contribution in [0.3, 0.4) is 0 Å². The van der Waals surface area contributed by atoms with Gasteiger partial charge in [0.25, 0.3) is 5.56 Å². The minimum absolute atomic E-state index is 0.0534. The number of nitrogens with zero attached hydrogens (tertiary/aromatic N) is 4. The Balaban J connectivity index is 1.30. The molecule has 0 unspecified atom stereocenters. The molecule has 7 heteroatoms. The van der Waals surface area contributed by atoms with Crippen LogP contribution in [0.4, 0.5) is 0 Å². The van der Waals surface area contributed by atoms with Gasteiger partial charge in [0.1, 0.15) is 5.52 Å². The number of aryl methyl sites for hydroxylation is 1. The molecular weight excluding hydrogens is 402 g/mol. The highest BCUT2D eigenvalue weighted by Crippen LogP contribution is 2.13. The Labute approximate surface area is 187 Å². The van der Waals surface area contributed by atoms with E-state index in [1.807, 2.05) is 34.9 Å². The highest BCUT2D eigenvalue weighted by atomic mass is 16.2. The normalized spacial score (nSPS) is 11.4. The van der Waals surface area contributed by atoms with E-state index in [9.17, 15) is 9.59 Å². The molecule has 3 heterocycles. The SMILES string of the molecule is CCN(CCCNC(=O)CCn1c(=O)c2cccn2c2cccnc21)Cc1ccccc1. The fourth-order valence-electron chi connectivity index (χ4n) is 4.01. The first-order chi connectivity index (χ1) is 15.7. The van der Waals surface area contributed by atoms with Crippen molar-refractivity contribution in [2.75, 3.05) is 19.6 Å². The lowest BCUT2D eigenvalue weighted by Gasteiger charge is -2.20. The number of pyridine rings is 1. The Kier molecular flexibility index (Phi) is 6.97. The Morgan fingerprint density at radius 1 is 1.06 bits per heavy atom. The van der Waals surface area contributed by atoms with E-state index < -0.39 is 0 Å². The predicted molar refractivity (Wildman–Crippen MR) is 127 cm³/mol. The molecule has 0 saturated carbocycles. The number of carbonyl (C=O) groups is 1. The first-order valence-electron chi connectivity index (χ1n) is 11.1. The number of aromatic nitrogens is 3. The van der Waals surface area contributed by atoms with Gasteiger partial charge >= 0.3 is 0 Å². The van der Waals surface area contributed by atoms with Crippen LogP contribution in [0.1, 0.15) is 25.3 Å². The summed E-state index contributed by atoms with van der Waals surface area (Å²) in [5, 5.41) is 2.99. The zero-order chi connectivity index (χ0) is 22.3. The number of carbonyl (C=O) groups excluding carboxylic acids is 1. The van der Waals surface area contributed by atoms with Crippen LogP contribution in [0.2, 0.25) is 0 Å². The van der Waals surface area contributed by atoms with Gasteiger partial charge in [0.15, 0.2) is 5.65 Å². The second-order valence-corrected chi connectivity index (χ2v) is 7.87. The molecule has 0 radical (unpaired) electrons. The van der Waals surface area contributed by atoms with Crippen molar-refractivity contribution in [3.8, 4) is 0 Å². The zero-order valence-corrected chi connectivity index (χ0v) is 18.4. The quantitative estimate of drug-likeness (QED) is 0.392. The fraction of sp³-hybridized carbons (Fsp3) is 0.320. The number of benzene rings is 1. The standard InChI is InChI=1S/C25H29N5O2/c1-2-28(19-20-9-4-3-5-10-20)16-8-15-26-23(31)13-18-30-24-21(11-6-14-27-24)29-17-7-12-22(29)25(30)32/h3-7,9-12,14,17H,2,8,13,15-16,18-19H2,1H3,(H,26,31). The van der Waals surface area contributed by atoms with Gasteiger partial charge in [-0.3, -0.25) is 19.1 Å². The summed E-state index contributed by atoms with van der Waals surface area (Å²) in [7, 11) is 0. The third-order valence-electron chi connectivity index (χ3n) is 5.73. The molecule has 7 nitrogen and oxygen atoms in total. The van der Waals surface area contributed by atoms with Crippen LogP contribution in [0, 0.1) is 0 Å². The Bertz CT molecular complexity index is 1250. The lowest BCUT2D eigenvalue weighted by Crippen LogP contribution is -2.31. The molecule has 4 rings (SSSR count). The molecule has 0 aliphatic heterocycles. The van der Waals surface area contributed by atoms with E-state index >= 15 is 0 Å². The summed E-state index contributed by atoms with van der Waals surface area (Å²) in [5.74, 6) is -0.0534. The second-order valence-electron chi connectivity index (χ2n) is 7.87. The van der Waals surface area contributed by atoms with Crippen molar-refractivity contribution >= 4 is 22.6 Å². The molecule has 0 bridgehead atoms. The first kappa shape index (κ1) is 21.8. The molecule has 4 aromatic rings. The van der Waals surface area contributed by atoms with E-state index in [1.165, 1.54) is 5.56 Å². The average molecular weight is 432 g/mol. The van der Waals surface area contributed by atoms with Crippen molar-refractivity contribution in [2.24, 2.45) is 0 Å². The lowest BCUT2D eigenvalue weighted by molar-refractivity contribution is -0.121. The molecule has 1 amide bonds. The smallest absolute Gasteiger partial charge is 0.276 e. The molecule has 32 heavy (non-hydrogen) atoms. The summed E-state index contributed by atoms with van der Waals surface area (Å²) in [6.45, 7) is 5.87. The van der Waals surface area contributed by atoms with Crippen LogP contribution < -0.4 is 10.9 Å². The van der Waals surface area contributed by atoms with E-state index in [2.05, 4.69) is 46.4 Å². The molecule has 1 N–H and O–H groups in total. The summed E-state index contributed by atoms with van der Waals surface area (Å²) in [5.41, 5.74) is 3.20.